The summed E-state index contributed by atoms with van der Waals surface area (Å²) in [6.07, 6.45) is 0.980. The van der Waals surface area contributed by atoms with Crippen molar-refractivity contribution in [3.8, 4) is 11.4 Å². The van der Waals surface area contributed by atoms with Gasteiger partial charge < -0.3 is 4.74 Å². The summed E-state index contributed by atoms with van der Waals surface area (Å²) in [5.74, 6) is 0.178. The third-order valence-corrected chi connectivity index (χ3v) is 2.66. The van der Waals surface area contributed by atoms with Crippen LogP contribution in [0.5, 0.6) is 0 Å². The molecule has 0 radical (unpaired) electrons. The molecular weight excluding hydrogens is 232 g/mol. The maximum atomic E-state index is 11.2. The van der Waals surface area contributed by atoms with Gasteiger partial charge in [-0.25, -0.2) is 4.68 Å². The molecule has 18 heavy (non-hydrogen) atoms. The van der Waals surface area contributed by atoms with Gasteiger partial charge in [0.1, 0.15) is 6.54 Å². The minimum Gasteiger partial charge on any atom is -0.468 e. The quantitative estimate of drug-likeness (QED) is 0.755. The number of aryl methyl sites for hydroxylation is 1. The van der Waals surface area contributed by atoms with Gasteiger partial charge in [0.25, 0.3) is 0 Å². The van der Waals surface area contributed by atoms with E-state index in [1.54, 1.807) is 0 Å². The average molecular weight is 246 g/mol. The Hall–Kier alpha value is -2.24. The number of methoxy groups -OCH3 is 1. The van der Waals surface area contributed by atoms with E-state index in [0.29, 0.717) is 5.82 Å². The van der Waals surface area contributed by atoms with Crippen LogP contribution >= 0.6 is 0 Å². The first-order chi connectivity index (χ1) is 8.74. The molecule has 1 heterocycles. The van der Waals surface area contributed by atoms with Crippen molar-refractivity contribution < 1.29 is 9.53 Å². The molecule has 0 amide bonds. The van der Waals surface area contributed by atoms with E-state index in [9.17, 15) is 4.79 Å². The van der Waals surface area contributed by atoms with Crippen molar-refractivity contribution in [2.24, 2.45) is 0 Å². The summed E-state index contributed by atoms with van der Waals surface area (Å²) >= 11 is 0. The van der Waals surface area contributed by atoms with Gasteiger partial charge >= 0.3 is 5.97 Å². The highest BCUT2D eigenvalue weighted by molar-refractivity contribution is 5.69. The van der Waals surface area contributed by atoms with Crippen LogP contribution in [0.15, 0.2) is 24.3 Å². The van der Waals surface area contributed by atoms with Crippen LogP contribution in [0.1, 0.15) is 12.5 Å². The Morgan fingerprint density at radius 2 is 2.06 bits per heavy atom. The Kier molecular flexibility index (Phi) is 3.66. The van der Waals surface area contributed by atoms with Crippen molar-refractivity contribution in [2.45, 2.75) is 19.9 Å². The van der Waals surface area contributed by atoms with Gasteiger partial charge in [0.15, 0.2) is 5.82 Å². The maximum absolute atomic E-state index is 11.2. The zero-order chi connectivity index (χ0) is 13.0. The lowest BCUT2D eigenvalue weighted by Crippen LogP contribution is -2.14. The summed E-state index contributed by atoms with van der Waals surface area (Å²) in [6, 6.07) is 7.93. The highest BCUT2D eigenvalue weighted by Gasteiger charge is 2.12. The number of nitrogens with zero attached hydrogens (tertiary/aromatic N) is 4. The molecule has 0 saturated carbocycles. The highest BCUT2D eigenvalue weighted by Crippen LogP contribution is 2.16. The molecule has 2 rings (SSSR count). The molecule has 0 N–H and O–H groups in total. The second kappa shape index (κ2) is 5.39. The van der Waals surface area contributed by atoms with Crippen molar-refractivity contribution in [2.75, 3.05) is 7.11 Å². The van der Waals surface area contributed by atoms with Crippen molar-refractivity contribution in [1.82, 2.24) is 20.2 Å². The summed E-state index contributed by atoms with van der Waals surface area (Å²) in [5.41, 5.74) is 2.12. The van der Waals surface area contributed by atoms with Gasteiger partial charge in [0.2, 0.25) is 0 Å². The van der Waals surface area contributed by atoms with E-state index in [-0.39, 0.29) is 12.5 Å². The average Bonchev–Trinajstić information content (AvgIpc) is 2.86. The summed E-state index contributed by atoms with van der Waals surface area (Å²) in [5, 5.41) is 11.3. The van der Waals surface area contributed by atoms with Gasteiger partial charge in [-0.05, 0) is 22.4 Å². The molecule has 2 aromatic rings. The molecule has 6 heteroatoms. The summed E-state index contributed by atoms with van der Waals surface area (Å²) in [6.45, 7) is 2.10. The first-order valence-corrected chi connectivity index (χ1v) is 5.67. The fourth-order valence-corrected chi connectivity index (χ4v) is 1.59. The van der Waals surface area contributed by atoms with Gasteiger partial charge in [-0.3, -0.25) is 4.79 Å². The molecule has 94 valence electrons. The van der Waals surface area contributed by atoms with Crippen LogP contribution in [-0.2, 0) is 22.5 Å². The molecule has 0 aliphatic carbocycles. The van der Waals surface area contributed by atoms with Crippen LogP contribution in [-0.4, -0.2) is 33.3 Å². The van der Waals surface area contributed by atoms with Crippen LogP contribution in [0.4, 0.5) is 0 Å². The van der Waals surface area contributed by atoms with Gasteiger partial charge in [0.05, 0.1) is 7.11 Å². The van der Waals surface area contributed by atoms with E-state index < -0.39 is 0 Å². The second-order valence-electron chi connectivity index (χ2n) is 3.79. The van der Waals surface area contributed by atoms with Gasteiger partial charge in [-0.1, -0.05) is 31.2 Å². The fourth-order valence-electron chi connectivity index (χ4n) is 1.59. The molecule has 6 nitrogen and oxygen atoms in total. The Bertz CT molecular complexity index is 533. The maximum Gasteiger partial charge on any atom is 0.327 e. The molecule has 0 fully saturated rings. The molecular formula is C12H14N4O2. The van der Waals surface area contributed by atoms with Crippen molar-refractivity contribution in [3.63, 3.8) is 0 Å². The first kappa shape index (κ1) is 12.2. The molecule has 0 bridgehead atoms. The Balaban J connectivity index is 2.27. The number of carbonyl (C=O) groups is 1. The van der Waals surface area contributed by atoms with E-state index in [1.807, 2.05) is 24.3 Å². The zero-order valence-corrected chi connectivity index (χ0v) is 10.3. The van der Waals surface area contributed by atoms with Crippen molar-refractivity contribution in [1.29, 1.82) is 0 Å². The predicted octanol–water partition coefficient (Wildman–Crippen LogP) is 1.08. The Morgan fingerprint density at radius 3 is 2.67 bits per heavy atom. The predicted molar refractivity (Wildman–Crippen MR) is 64.6 cm³/mol. The smallest absolute Gasteiger partial charge is 0.327 e. The van der Waals surface area contributed by atoms with Crippen LogP contribution in [0.25, 0.3) is 11.4 Å². The van der Waals surface area contributed by atoms with Crippen LogP contribution in [0.3, 0.4) is 0 Å². The second-order valence-corrected chi connectivity index (χ2v) is 3.79. The van der Waals surface area contributed by atoms with E-state index in [1.165, 1.54) is 17.4 Å². The van der Waals surface area contributed by atoms with Gasteiger partial charge in [0, 0.05) is 5.56 Å². The highest BCUT2D eigenvalue weighted by atomic mass is 16.5. The van der Waals surface area contributed by atoms with Crippen molar-refractivity contribution >= 4 is 5.97 Å². The fraction of sp³-hybridized carbons (Fsp3) is 0.333. The molecule has 0 unspecified atom stereocenters. The molecule has 0 aliphatic heterocycles. The lowest BCUT2D eigenvalue weighted by Gasteiger charge is -2.04. The largest absolute Gasteiger partial charge is 0.468 e. The van der Waals surface area contributed by atoms with Gasteiger partial charge in [-0.15, -0.1) is 5.10 Å². The summed E-state index contributed by atoms with van der Waals surface area (Å²) in [4.78, 5) is 11.2. The number of aromatic nitrogens is 4. The summed E-state index contributed by atoms with van der Waals surface area (Å²) < 4.78 is 6.02. The van der Waals surface area contributed by atoms with Crippen LogP contribution in [0, 0.1) is 0 Å². The number of hydrogen-bond donors (Lipinski definition) is 0. The molecule has 0 atom stereocenters. The van der Waals surface area contributed by atoms with Crippen molar-refractivity contribution in [3.05, 3.63) is 29.8 Å². The number of carbonyl (C=O) groups excluding carboxylic acids is 1. The number of rotatable bonds is 4. The van der Waals surface area contributed by atoms with E-state index in [4.69, 9.17) is 0 Å². The molecule has 0 spiro atoms. The number of hydrogen-bond acceptors (Lipinski definition) is 5. The summed E-state index contributed by atoms with van der Waals surface area (Å²) in [7, 11) is 1.34. The van der Waals surface area contributed by atoms with Gasteiger partial charge in [-0.2, -0.15) is 0 Å². The number of benzene rings is 1. The lowest BCUT2D eigenvalue weighted by atomic mass is 10.1. The number of esters is 1. The lowest BCUT2D eigenvalue weighted by molar-refractivity contribution is -0.141. The van der Waals surface area contributed by atoms with Crippen LogP contribution < -0.4 is 0 Å². The molecule has 0 aliphatic rings. The van der Waals surface area contributed by atoms with E-state index in [2.05, 4.69) is 27.2 Å². The minimum absolute atomic E-state index is 0.00830. The normalized spacial score (nSPS) is 10.3. The molecule has 0 saturated heterocycles. The van der Waals surface area contributed by atoms with E-state index >= 15 is 0 Å². The Labute approximate surface area is 105 Å². The first-order valence-electron chi connectivity index (χ1n) is 5.67. The Morgan fingerprint density at radius 1 is 1.33 bits per heavy atom. The SMILES string of the molecule is CCc1ccc(-c2nnnn2CC(=O)OC)cc1. The third-order valence-electron chi connectivity index (χ3n) is 2.66. The molecule has 1 aromatic heterocycles. The van der Waals surface area contributed by atoms with Crippen LogP contribution in [0.2, 0.25) is 0 Å². The minimum atomic E-state index is -0.381. The number of tetrazole rings is 1. The topological polar surface area (TPSA) is 69.9 Å². The molecule has 1 aromatic carbocycles. The third kappa shape index (κ3) is 2.53. The standard InChI is InChI=1S/C12H14N4O2/c1-3-9-4-6-10(7-5-9)12-13-14-15-16(12)8-11(17)18-2/h4-7H,3,8H2,1-2H3. The van der Waals surface area contributed by atoms with E-state index in [0.717, 1.165) is 12.0 Å². The number of ether oxygens (including phenoxy) is 1. The monoisotopic (exact) mass is 246 g/mol. The zero-order valence-electron chi connectivity index (χ0n) is 10.3.